The molecule has 0 atom stereocenters. The van der Waals surface area contributed by atoms with E-state index in [4.69, 9.17) is 4.52 Å². The second-order valence-electron chi connectivity index (χ2n) is 5.78. The van der Waals surface area contributed by atoms with Gasteiger partial charge in [-0.25, -0.2) is 0 Å². The van der Waals surface area contributed by atoms with Crippen molar-refractivity contribution >= 4 is 17.2 Å². The van der Waals surface area contributed by atoms with Gasteiger partial charge in [0.1, 0.15) is 5.76 Å². The molecule has 1 aliphatic rings. The molecule has 1 amide bonds. The van der Waals surface area contributed by atoms with Crippen LogP contribution in [-0.2, 0) is 6.54 Å². The van der Waals surface area contributed by atoms with Crippen LogP contribution in [0.1, 0.15) is 33.1 Å². The summed E-state index contributed by atoms with van der Waals surface area (Å²) in [6.45, 7) is 8.15. The highest BCUT2D eigenvalue weighted by molar-refractivity contribution is 7.12. The summed E-state index contributed by atoms with van der Waals surface area (Å²) < 4.78 is 5.12. The topological polar surface area (TPSA) is 49.6 Å². The maximum Gasteiger partial charge on any atom is 0.264 e. The van der Waals surface area contributed by atoms with Gasteiger partial charge in [0.25, 0.3) is 5.91 Å². The fourth-order valence-electron chi connectivity index (χ4n) is 2.79. The van der Waals surface area contributed by atoms with E-state index in [-0.39, 0.29) is 5.91 Å². The molecule has 0 aromatic carbocycles. The fraction of sp³-hybridized carbons (Fsp3) is 0.500. The van der Waals surface area contributed by atoms with Gasteiger partial charge in [0, 0.05) is 38.8 Å². The van der Waals surface area contributed by atoms with Crippen LogP contribution in [0.15, 0.2) is 22.0 Å². The van der Waals surface area contributed by atoms with Gasteiger partial charge in [-0.1, -0.05) is 5.16 Å². The van der Waals surface area contributed by atoms with Crippen molar-refractivity contribution in [1.82, 2.24) is 15.0 Å². The Morgan fingerprint density at radius 1 is 1.32 bits per heavy atom. The maximum absolute atomic E-state index is 12.6. The lowest BCUT2D eigenvalue weighted by atomic mass is 10.2. The third kappa shape index (κ3) is 3.39. The molecule has 2 aromatic heterocycles. The Bertz CT molecular complexity index is 649. The number of thiophene rings is 1. The third-order valence-electron chi connectivity index (χ3n) is 3.99. The average molecular weight is 319 g/mol. The second kappa shape index (κ2) is 6.62. The lowest BCUT2D eigenvalue weighted by molar-refractivity contribution is 0.0765. The smallest absolute Gasteiger partial charge is 0.264 e. The fourth-order valence-corrected chi connectivity index (χ4v) is 3.68. The minimum absolute atomic E-state index is 0.173. The van der Waals surface area contributed by atoms with E-state index in [0.29, 0.717) is 0 Å². The molecule has 22 heavy (non-hydrogen) atoms. The van der Waals surface area contributed by atoms with Crippen molar-refractivity contribution in [1.29, 1.82) is 0 Å². The SMILES string of the molecule is Cc1cc(CN2CCCN(C(=O)c3sccc3C)CC2)no1. The molecule has 3 rings (SSSR count). The van der Waals surface area contributed by atoms with E-state index in [9.17, 15) is 4.79 Å². The van der Waals surface area contributed by atoms with Crippen molar-refractivity contribution in [2.24, 2.45) is 0 Å². The number of nitrogens with zero attached hydrogens (tertiary/aromatic N) is 3. The van der Waals surface area contributed by atoms with Gasteiger partial charge in [0.05, 0.1) is 10.6 Å². The van der Waals surface area contributed by atoms with Crippen LogP contribution in [0.25, 0.3) is 0 Å². The standard InChI is InChI=1S/C16H21N3O2S/c1-12-4-9-22-15(12)16(20)19-6-3-5-18(7-8-19)11-14-10-13(2)21-17-14/h4,9-10H,3,5-8,11H2,1-2H3. The van der Waals surface area contributed by atoms with Crippen LogP contribution < -0.4 is 0 Å². The van der Waals surface area contributed by atoms with Crippen LogP contribution in [0.2, 0.25) is 0 Å². The highest BCUT2D eigenvalue weighted by atomic mass is 32.1. The molecular formula is C16H21N3O2S. The molecule has 0 bridgehead atoms. The monoisotopic (exact) mass is 319 g/mol. The zero-order valence-electron chi connectivity index (χ0n) is 13.0. The number of carbonyl (C=O) groups excluding carboxylic acids is 1. The number of hydrogen-bond donors (Lipinski definition) is 0. The first-order chi connectivity index (χ1) is 10.6. The lowest BCUT2D eigenvalue weighted by Gasteiger charge is -2.21. The van der Waals surface area contributed by atoms with E-state index in [2.05, 4.69) is 10.1 Å². The predicted molar refractivity (Wildman–Crippen MR) is 86.1 cm³/mol. The van der Waals surface area contributed by atoms with Gasteiger partial charge in [-0.2, -0.15) is 0 Å². The Kier molecular flexibility index (Phi) is 4.59. The number of hydrogen-bond acceptors (Lipinski definition) is 5. The highest BCUT2D eigenvalue weighted by Crippen LogP contribution is 2.19. The number of amides is 1. The normalized spacial score (nSPS) is 16.7. The van der Waals surface area contributed by atoms with Gasteiger partial charge in [-0.05, 0) is 37.3 Å². The van der Waals surface area contributed by atoms with Gasteiger partial charge in [0.2, 0.25) is 0 Å². The summed E-state index contributed by atoms with van der Waals surface area (Å²) in [5.74, 6) is 1.02. The molecule has 1 fully saturated rings. The van der Waals surface area contributed by atoms with Crippen LogP contribution in [0.4, 0.5) is 0 Å². The Morgan fingerprint density at radius 3 is 2.86 bits per heavy atom. The Morgan fingerprint density at radius 2 is 2.18 bits per heavy atom. The van der Waals surface area contributed by atoms with Crippen LogP contribution in [-0.4, -0.2) is 47.0 Å². The third-order valence-corrected chi connectivity index (χ3v) is 5.00. The molecule has 1 saturated heterocycles. The summed E-state index contributed by atoms with van der Waals surface area (Å²) in [5.41, 5.74) is 2.04. The summed E-state index contributed by atoms with van der Waals surface area (Å²) in [6.07, 6.45) is 0.993. The summed E-state index contributed by atoms with van der Waals surface area (Å²) in [7, 11) is 0. The summed E-state index contributed by atoms with van der Waals surface area (Å²) in [4.78, 5) is 17.8. The van der Waals surface area contributed by atoms with E-state index in [1.165, 1.54) is 11.3 Å². The van der Waals surface area contributed by atoms with Crippen LogP contribution >= 0.6 is 11.3 Å². The number of rotatable bonds is 3. The average Bonchev–Trinajstić information content (AvgIpc) is 3.02. The molecule has 0 unspecified atom stereocenters. The first kappa shape index (κ1) is 15.2. The quantitative estimate of drug-likeness (QED) is 0.873. The molecule has 2 aromatic rings. The summed E-state index contributed by atoms with van der Waals surface area (Å²) >= 11 is 1.54. The number of aromatic nitrogens is 1. The van der Waals surface area contributed by atoms with E-state index in [0.717, 1.165) is 61.0 Å². The van der Waals surface area contributed by atoms with Gasteiger partial charge >= 0.3 is 0 Å². The molecule has 118 valence electrons. The van der Waals surface area contributed by atoms with Gasteiger partial charge in [0.15, 0.2) is 0 Å². The molecule has 0 saturated carbocycles. The van der Waals surface area contributed by atoms with Gasteiger partial charge in [-0.3, -0.25) is 9.69 Å². The lowest BCUT2D eigenvalue weighted by Crippen LogP contribution is -2.35. The zero-order chi connectivity index (χ0) is 15.5. The van der Waals surface area contributed by atoms with Crippen LogP contribution in [0.3, 0.4) is 0 Å². The van der Waals surface area contributed by atoms with Crippen LogP contribution in [0, 0.1) is 13.8 Å². The van der Waals surface area contributed by atoms with E-state index in [1.807, 2.05) is 36.3 Å². The molecule has 0 aliphatic carbocycles. The van der Waals surface area contributed by atoms with E-state index in [1.54, 1.807) is 0 Å². The Balaban J connectivity index is 1.60. The second-order valence-corrected chi connectivity index (χ2v) is 6.70. The van der Waals surface area contributed by atoms with E-state index >= 15 is 0 Å². The molecule has 6 heteroatoms. The van der Waals surface area contributed by atoms with Gasteiger partial charge < -0.3 is 9.42 Å². The van der Waals surface area contributed by atoms with Crippen molar-refractivity contribution in [2.75, 3.05) is 26.2 Å². The first-order valence-corrected chi connectivity index (χ1v) is 8.49. The summed E-state index contributed by atoms with van der Waals surface area (Å²) in [6, 6.07) is 3.98. The zero-order valence-corrected chi connectivity index (χ0v) is 13.9. The molecule has 3 heterocycles. The minimum atomic E-state index is 0.173. The van der Waals surface area contributed by atoms with Crippen molar-refractivity contribution in [2.45, 2.75) is 26.8 Å². The van der Waals surface area contributed by atoms with Gasteiger partial charge in [-0.15, -0.1) is 11.3 Å². The Labute approximate surface area is 134 Å². The summed E-state index contributed by atoms with van der Waals surface area (Å²) in [5, 5.41) is 6.04. The highest BCUT2D eigenvalue weighted by Gasteiger charge is 2.22. The maximum atomic E-state index is 12.6. The Hall–Kier alpha value is -1.66. The molecule has 1 aliphatic heterocycles. The largest absolute Gasteiger partial charge is 0.361 e. The molecular weight excluding hydrogens is 298 g/mol. The molecule has 0 N–H and O–H groups in total. The minimum Gasteiger partial charge on any atom is -0.361 e. The van der Waals surface area contributed by atoms with Crippen molar-refractivity contribution < 1.29 is 9.32 Å². The molecule has 5 nitrogen and oxygen atoms in total. The molecule has 0 spiro atoms. The van der Waals surface area contributed by atoms with Crippen LogP contribution in [0.5, 0.6) is 0 Å². The van der Waals surface area contributed by atoms with E-state index < -0.39 is 0 Å². The first-order valence-electron chi connectivity index (χ1n) is 7.61. The van der Waals surface area contributed by atoms with Crippen molar-refractivity contribution in [3.63, 3.8) is 0 Å². The van der Waals surface area contributed by atoms with Crippen molar-refractivity contribution in [3.05, 3.63) is 39.4 Å². The van der Waals surface area contributed by atoms with Crippen molar-refractivity contribution in [3.8, 4) is 0 Å². The predicted octanol–water partition coefficient (Wildman–Crippen LogP) is 2.70. The number of carbonyl (C=O) groups is 1. The molecule has 0 radical (unpaired) electrons. The number of aryl methyl sites for hydroxylation is 2.